The third-order valence-electron chi connectivity index (χ3n) is 13.7. The Kier molecular flexibility index (Phi) is 10.4. The van der Waals surface area contributed by atoms with E-state index in [0.29, 0.717) is 58.4 Å². The van der Waals surface area contributed by atoms with Crippen LogP contribution in [-0.4, -0.2) is 130 Å². The fourth-order valence-electron chi connectivity index (χ4n) is 10.4. The molecule has 4 amide bonds. The largest absolute Gasteiger partial charge is 0.371 e. The summed E-state index contributed by atoms with van der Waals surface area (Å²) in [5.74, 6) is -0.707. The second-order valence-corrected chi connectivity index (χ2v) is 17.5. The lowest BCUT2D eigenvalue weighted by atomic mass is 9.77. The molecule has 2 aromatic carbocycles. The van der Waals surface area contributed by atoms with E-state index in [4.69, 9.17) is 11.6 Å². The normalized spacial score (nSPS) is 25.1. The van der Waals surface area contributed by atoms with Crippen molar-refractivity contribution in [3.63, 3.8) is 0 Å². The summed E-state index contributed by atoms with van der Waals surface area (Å²) in [5, 5.41) is 23.2. The molecule has 308 valence electrons. The van der Waals surface area contributed by atoms with Gasteiger partial charge in [-0.15, -0.1) is 0 Å². The molecule has 1 spiro atoms. The number of benzene rings is 2. The lowest BCUT2D eigenvalue weighted by molar-refractivity contribution is -0.139. The first-order chi connectivity index (χ1) is 28.5. The molecule has 6 aliphatic heterocycles. The van der Waals surface area contributed by atoms with Crippen LogP contribution in [0.15, 0.2) is 48.8 Å². The zero-order valence-corrected chi connectivity index (χ0v) is 34.0. The van der Waals surface area contributed by atoms with Crippen molar-refractivity contribution in [1.29, 1.82) is 5.26 Å². The number of carbonyl (C=O) groups is 4. The van der Waals surface area contributed by atoms with E-state index in [1.165, 1.54) is 4.90 Å². The van der Waals surface area contributed by atoms with Gasteiger partial charge in [-0.25, -0.2) is 9.97 Å². The molecule has 2 unspecified atom stereocenters. The van der Waals surface area contributed by atoms with E-state index in [1.54, 1.807) is 24.5 Å². The van der Waals surface area contributed by atoms with Crippen molar-refractivity contribution < 1.29 is 24.3 Å². The molecule has 5 saturated heterocycles. The summed E-state index contributed by atoms with van der Waals surface area (Å²) >= 11 is 6.37. The maximum Gasteiger partial charge on any atom is 0.257 e. The van der Waals surface area contributed by atoms with Crippen molar-refractivity contribution in [2.24, 2.45) is 5.41 Å². The number of hydrogen-bond donors (Lipinski definition) is 2. The molecule has 0 aliphatic carbocycles. The molecule has 5 fully saturated rings. The van der Waals surface area contributed by atoms with Crippen LogP contribution in [0.1, 0.15) is 89.9 Å². The summed E-state index contributed by atoms with van der Waals surface area (Å²) < 4.78 is 0. The number of carbonyl (C=O) groups excluding carboxylic acids is 4. The fraction of sp³-hybridized carbons (Fsp3) is 0.512. The first-order valence-corrected chi connectivity index (χ1v) is 21.2. The number of piperidine rings is 3. The minimum atomic E-state index is -1.25. The smallest absolute Gasteiger partial charge is 0.257 e. The molecule has 3 atom stereocenters. The third-order valence-corrected chi connectivity index (χ3v) is 14.0. The number of hydrogen-bond acceptors (Lipinski definition) is 12. The van der Waals surface area contributed by atoms with Crippen LogP contribution in [-0.2, 0) is 9.59 Å². The number of nitrogens with one attached hydrogen (secondary N) is 1. The van der Waals surface area contributed by atoms with Crippen LogP contribution in [0.5, 0.6) is 0 Å². The number of nitrogens with zero attached hydrogens (tertiary/aromatic N) is 9. The van der Waals surface area contributed by atoms with Crippen molar-refractivity contribution in [1.82, 2.24) is 30.0 Å². The van der Waals surface area contributed by atoms with E-state index in [2.05, 4.69) is 47.9 Å². The molecule has 1 aromatic heterocycles. The minimum Gasteiger partial charge on any atom is -0.371 e. The Morgan fingerprint density at radius 3 is 2.31 bits per heavy atom. The van der Waals surface area contributed by atoms with E-state index < -0.39 is 24.1 Å². The minimum absolute atomic E-state index is 0.0417. The molecule has 59 heavy (non-hydrogen) atoms. The van der Waals surface area contributed by atoms with Gasteiger partial charge < -0.3 is 24.7 Å². The van der Waals surface area contributed by atoms with Crippen molar-refractivity contribution in [3.8, 4) is 6.07 Å². The Morgan fingerprint density at radius 2 is 1.63 bits per heavy atom. The second kappa shape index (κ2) is 15.7. The Balaban J connectivity index is 0.735. The summed E-state index contributed by atoms with van der Waals surface area (Å²) in [6, 6.07) is 13.2. The monoisotopic (exact) mass is 820 g/mol. The van der Waals surface area contributed by atoms with Crippen molar-refractivity contribution in [2.75, 3.05) is 73.6 Å². The van der Waals surface area contributed by atoms with Crippen LogP contribution in [0.3, 0.4) is 0 Å². The molecule has 15 nitrogen and oxygen atoms in total. The van der Waals surface area contributed by atoms with E-state index >= 15 is 0 Å². The molecule has 0 radical (unpaired) electrons. The highest BCUT2D eigenvalue weighted by Gasteiger charge is 2.46. The molecule has 16 heteroatoms. The molecule has 9 rings (SSSR count). The SMILES string of the molecule is C[C@H]1CC2(CCN(c3ncc(C(=O)N4CCN(C5CCN(c6ccc7c(c6)C(O)N(C6CCC(=O)NC6=O)C7=O)CC5)CC4)cn3)CC2)CN1c1ccc(C#N)c(Cl)c1. The number of aliphatic hydroxyl groups is 1. The number of piperazine rings is 1. The first kappa shape index (κ1) is 39.2. The summed E-state index contributed by atoms with van der Waals surface area (Å²) in [6.07, 6.45) is 7.46. The summed E-state index contributed by atoms with van der Waals surface area (Å²) in [6.45, 7) is 9.41. The van der Waals surface area contributed by atoms with Gasteiger partial charge in [-0.05, 0) is 87.3 Å². The molecule has 6 aliphatic rings. The Morgan fingerprint density at radius 1 is 0.915 bits per heavy atom. The molecule has 0 bridgehead atoms. The lowest BCUT2D eigenvalue weighted by Gasteiger charge is -2.43. The average Bonchev–Trinajstić information content (AvgIpc) is 3.71. The molecular weight excluding hydrogens is 772 g/mol. The van der Waals surface area contributed by atoms with Gasteiger partial charge in [-0.2, -0.15) is 5.26 Å². The zero-order valence-electron chi connectivity index (χ0n) is 33.2. The van der Waals surface area contributed by atoms with Crippen LogP contribution in [0.2, 0.25) is 5.02 Å². The highest BCUT2D eigenvalue weighted by Crippen LogP contribution is 2.46. The Bertz CT molecular complexity index is 2190. The standard InChI is InChI=1S/C43H49ClN10O5/c1-27-22-43(26-53(27)32-3-2-28(23-45)35(44)21-32)10-14-52(15-11-43)42-46-24-29(25-47-42)39(57)51-18-16-50(17-19-51)30-8-12-49(13-9-30)31-4-5-33-34(20-31)41(59)54(40(33)58)36-6-7-37(55)48-38(36)56/h2-5,20-21,24-25,27,30,36,41,59H,6-19,22,26H2,1H3,(H,48,55,56)/t27-,36?,41?/m0/s1. The van der Waals surface area contributed by atoms with E-state index in [0.717, 1.165) is 89.3 Å². The number of halogens is 1. The Labute approximate surface area is 348 Å². The highest BCUT2D eigenvalue weighted by molar-refractivity contribution is 6.32. The van der Waals surface area contributed by atoms with Gasteiger partial charge in [-0.3, -0.25) is 34.3 Å². The maximum absolute atomic E-state index is 13.5. The number of amides is 4. The predicted octanol–water partition coefficient (Wildman–Crippen LogP) is 3.57. The number of nitriles is 1. The third kappa shape index (κ3) is 7.36. The van der Waals surface area contributed by atoms with Gasteiger partial charge in [0.1, 0.15) is 12.1 Å². The van der Waals surface area contributed by atoms with Gasteiger partial charge in [0.2, 0.25) is 17.8 Å². The molecule has 0 saturated carbocycles. The average molecular weight is 821 g/mol. The number of imide groups is 1. The van der Waals surface area contributed by atoms with Crippen molar-refractivity contribution in [2.45, 2.75) is 76.2 Å². The van der Waals surface area contributed by atoms with Gasteiger partial charge in [-0.1, -0.05) is 11.6 Å². The van der Waals surface area contributed by atoms with Gasteiger partial charge in [0.05, 0.1) is 16.1 Å². The second-order valence-electron chi connectivity index (χ2n) is 17.1. The zero-order chi connectivity index (χ0) is 41.0. The van der Waals surface area contributed by atoms with Crippen molar-refractivity contribution >= 4 is 52.6 Å². The van der Waals surface area contributed by atoms with Crippen LogP contribution in [0, 0.1) is 16.7 Å². The van der Waals surface area contributed by atoms with Gasteiger partial charge >= 0.3 is 0 Å². The Hall–Kier alpha value is -5.30. The van der Waals surface area contributed by atoms with E-state index in [-0.39, 0.29) is 30.1 Å². The van der Waals surface area contributed by atoms with Crippen LogP contribution >= 0.6 is 11.6 Å². The number of aromatic nitrogens is 2. The molecule has 2 N–H and O–H groups in total. The van der Waals surface area contributed by atoms with E-state index in [9.17, 15) is 29.5 Å². The number of anilines is 3. The maximum atomic E-state index is 13.5. The van der Waals surface area contributed by atoms with Gasteiger partial charge in [0.25, 0.3) is 11.8 Å². The first-order valence-electron chi connectivity index (χ1n) is 20.8. The van der Waals surface area contributed by atoms with Crippen LogP contribution < -0.4 is 20.0 Å². The highest BCUT2D eigenvalue weighted by atomic mass is 35.5. The number of fused-ring (bicyclic) bond motifs is 1. The molecule has 3 aromatic rings. The quantitative estimate of drug-likeness (QED) is 0.348. The van der Waals surface area contributed by atoms with Crippen LogP contribution in [0.4, 0.5) is 17.3 Å². The number of rotatable bonds is 6. The summed E-state index contributed by atoms with van der Waals surface area (Å²) in [4.78, 5) is 72.7. The summed E-state index contributed by atoms with van der Waals surface area (Å²) in [7, 11) is 0. The van der Waals surface area contributed by atoms with E-state index in [1.807, 2.05) is 29.2 Å². The predicted molar refractivity (Wildman–Crippen MR) is 220 cm³/mol. The van der Waals surface area contributed by atoms with Crippen molar-refractivity contribution in [3.05, 3.63) is 76.1 Å². The lowest BCUT2D eigenvalue weighted by Crippen LogP contribution is -2.54. The van der Waals surface area contributed by atoms with Crippen LogP contribution in [0.25, 0.3) is 0 Å². The van der Waals surface area contributed by atoms with Gasteiger partial charge in [0.15, 0.2) is 6.23 Å². The molecule has 7 heterocycles. The van der Waals surface area contributed by atoms with Gasteiger partial charge in [0, 0.05) is 112 Å². The molecular formula is C43H49ClN10O5. The topological polar surface area (TPSA) is 170 Å². The summed E-state index contributed by atoms with van der Waals surface area (Å²) in [5.41, 5.74) is 4.05. The fourth-order valence-corrected chi connectivity index (χ4v) is 10.6. The number of aliphatic hydroxyl groups excluding tert-OH is 1.